The van der Waals surface area contributed by atoms with Gasteiger partial charge in [-0.15, -0.1) is 0 Å². The van der Waals surface area contributed by atoms with Gasteiger partial charge in [-0.2, -0.15) is 0 Å². The Bertz CT molecular complexity index is 313. The van der Waals surface area contributed by atoms with Gasteiger partial charge in [-0.05, 0) is 44.9 Å². The summed E-state index contributed by atoms with van der Waals surface area (Å²) in [6.45, 7) is 8.73. The monoisotopic (exact) mass is 193 g/mol. The smallest absolute Gasteiger partial charge is 0.122 e. The molecular formula is C12H19NO. The molecule has 0 amide bonds. The van der Waals surface area contributed by atoms with Gasteiger partial charge >= 0.3 is 0 Å². The zero-order chi connectivity index (χ0) is 10.8. The standard InChI is InChI=1S/C12H19NO/c1-5-14-11-7-6-10(8-9(11)2)12(3,4)13/h6-8H,5,13H2,1-4H3. The van der Waals surface area contributed by atoms with Crippen molar-refractivity contribution >= 4 is 0 Å². The van der Waals surface area contributed by atoms with E-state index in [4.69, 9.17) is 10.5 Å². The van der Waals surface area contributed by atoms with Crippen LogP contribution in [0.25, 0.3) is 0 Å². The van der Waals surface area contributed by atoms with Gasteiger partial charge in [0.15, 0.2) is 0 Å². The summed E-state index contributed by atoms with van der Waals surface area (Å²) >= 11 is 0. The lowest BCUT2D eigenvalue weighted by Gasteiger charge is -2.20. The summed E-state index contributed by atoms with van der Waals surface area (Å²) in [5.74, 6) is 0.945. The first-order chi connectivity index (χ1) is 6.45. The van der Waals surface area contributed by atoms with Crippen molar-refractivity contribution in [3.8, 4) is 5.75 Å². The van der Waals surface area contributed by atoms with Gasteiger partial charge in [-0.3, -0.25) is 0 Å². The van der Waals surface area contributed by atoms with E-state index in [1.54, 1.807) is 0 Å². The van der Waals surface area contributed by atoms with Crippen molar-refractivity contribution in [1.29, 1.82) is 0 Å². The third-order valence-electron chi connectivity index (χ3n) is 2.22. The zero-order valence-electron chi connectivity index (χ0n) is 9.42. The number of hydrogen-bond acceptors (Lipinski definition) is 2. The Morgan fingerprint density at radius 1 is 1.36 bits per heavy atom. The molecule has 0 saturated carbocycles. The maximum atomic E-state index is 6.01. The van der Waals surface area contributed by atoms with Gasteiger partial charge in [-0.1, -0.05) is 12.1 Å². The Morgan fingerprint density at radius 3 is 2.43 bits per heavy atom. The second-order valence-corrected chi connectivity index (χ2v) is 4.13. The highest BCUT2D eigenvalue weighted by Crippen LogP contribution is 2.24. The van der Waals surface area contributed by atoms with E-state index in [9.17, 15) is 0 Å². The average Bonchev–Trinajstić information content (AvgIpc) is 2.07. The molecule has 0 atom stereocenters. The second-order valence-electron chi connectivity index (χ2n) is 4.13. The van der Waals surface area contributed by atoms with Gasteiger partial charge in [0, 0.05) is 5.54 Å². The summed E-state index contributed by atoms with van der Waals surface area (Å²) in [7, 11) is 0. The van der Waals surface area contributed by atoms with E-state index in [0.29, 0.717) is 6.61 Å². The molecule has 0 unspecified atom stereocenters. The number of benzene rings is 1. The Labute approximate surface area is 86.1 Å². The SMILES string of the molecule is CCOc1ccc(C(C)(C)N)cc1C. The number of ether oxygens (including phenoxy) is 1. The predicted molar refractivity (Wildman–Crippen MR) is 59.6 cm³/mol. The number of rotatable bonds is 3. The average molecular weight is 193 g/mol. The molecule has 0 aliphatic carbocycles. The van der Waals surface area contributed by atoms with Crippen molar-refractivity contribution in [2.45, 2.75) is 33.2 Å². The minimum atomic E-state index is -0.282. The van der Waals surface area contributed by atoms with E-state index < -0.39 is 0 Å². The van der Waals surface area contributed by atoms with Crippen LogP contribution in [-0.2, 0) is 5.54 Å². The van der Waals surface area contributed by atoms with Crippen LogP contribution in [0.15, 0.2) is 18.2 Å². The molecule has 0 spiro atoms. The highest BCUT2D eigenvalue weighted by Gasteiger charge is 2.14. The Morgan fingerprint density at radius 2 is 2.00 bits per heavy atom. The number of aryl methyl sites for hydroxylation is 1. The fourth-order valence-electron chi connectivity index (χ4n) is 1.37. The largest absolute Gasteiger partial charge is 0.494 e. The van der Waals surface area contributed by atoms with Crippen LogP contribution in [0, 0.1) is 6.92 Å². The van der Waals surface area contributed by atoms with Gasteiger partial charge in [0.25, 0.3) is 0 Å². The molecule has 2 heteroatoms. The lowest BCUT2D eigenvalue weighted by atomic mass is 9.94. The molecule has 2 N–H and O–H groups in total. The minimum absolute atomic E-state index is 0.282. The summed E-state index contributed by atoms with van der Waals surface area (Å²) in [5, 5.41) is 0. The molecule has 0 saturated heterocycles. The van der Waals surface area contributed by atoms with E-state index in [0.717, 1.165) is 16.9 Å². The van der Waals surface area contributed by atoms with Crippen LogP contribution in [0.5, 0.6) is 5.75 Å². The summed E-state index contributed by atoms with van der Waals surface area (Å²) in [5.41, 5.74) is 8.01. The lowest BCUT2D eigenvalue weighted by molar-refractivity contribution is 0.337. The number of nitrogens with two attached hydrogens (primary N) is 1. The molecule has 1 aromatic rings. The quantitative estimate of drug-likeness (QED) is 0.800. The normalized spacial score (nSPS) is 11.5. The molecule has 2 nitrogen and oxygen atoms in total. The third kappa shape index (κ3) is 2.48. The highest BCUT2D eigenvalue weighted by molar-refractivity contribution is 5.38. The van der Waals surface area contributed by atoms with Crippen molar-refractivity contribution < 1.29 is 4.74 Å². The van der Waals surface area contributed by atoms with E-state index in [1.165, 1.54) is 0 Å². The molecule has 0 fully saturated rings. The molecule has 0 radical (unpaired) electrons. The second kappa shape index (κ2) is 4.01. The van der Waals surface area contributed by atoms with Gasteiger partial charge in [0.1, 0.15) is 5.75 Å². The Hall–Kier alpha value is -1.02. The topological polar surface area (TPSA) is 35.2 Å². The minimum Gasteiger partial charge on any atom is -0.494 e. The summed E-state index contributed by atoms with van der Waals surface area (Å²) in [6.07, 6.45) is 0. The van der Waals surface area contributed by atoms with Crippen molar-refractivity contribution in [2.75, 3.05) is 6.61 Å². The van der Waals surface area contributed by atoms with E-state index in [1.807, 2.05) is 39.8 Å². The van der Waals surface area contributed by atoms with Crippen molar-refractivity contribution in [3.05, 3.63) is 29.3 Å². The summed E-state index contributed by atoms with van der Waals surface area (Å²) in [4.78, 5) is 0. The van der Waals surface area contributed by atoms with Crippen molar-refractivity contribution in [3.63, 3.8) is 0 Å². The predicted octanol–water partition coefficient (Wildman–Crippen LogP) is 2.59. The maximum absolute atomic E-state index is 6.01. The Kier molecular flexibility index (Phi) is 3.17. The van der Waals surface area contributed by atoms with Crippen LogP contribution in [0.4, 0.5) is 0 Å². The van der Waals surface area contributed by atoms with E-state index in [-0.39, 0.29) is 5.54 Å². The molecule has 0 aliphatic rings. The summed E-state index contributed by atoms with van der Waals surface area (Å²) < 4.78 is 5.46. The van der Waals surface area contributed by atoms with Crippen LogP contribution in [-0.4, -0.2) is 6.61 Å². The van der Waals surface area contributed by atoms with Gasteiger partial charge < -0.3 is 10.5 Å². The maximum Gasteiger partial charge on any atom is 0.122 e. The van der Waals surface area contributed by atoms with Gasteiger partial charge in [0.2, 0.25) is 0 Å². The molecule has 1 aromatic carbocycles. The fourth-order valence-corrected chi connectivity index (χ4v) is 1.37. The number of hydrogen-bond donors (Lipinski definition) is 1. The van der Waals surface area contributed by atoms with Crippen molar-refractivity contribution in [2.24, 2.45) is 5.73 Å². The summed E-state index contributed by atoms with van der Waals surface area (Å²) in [6, 6.07) is 6.10. The molecule has 14 heavy (non-hydrogen) atoms. The van der Waals surface area contributed by atoms with E-state index >= 15 is 0 Å². The lowest BCUT2D eigenvalue weighted by Crippen LogP contribution is -2.28. The first-order valence-corrected chi connectivity index (χ1v) is 4.98. The van der Waals surface area contributed by atoms with Gasteiger partial charge in [0.05, 0.1) is 6.61 Å². The molecule has 0 aromatic heterocycles. The third-order valence-corrected chi connectivity index (χ3v) is 2.22. The molecule has 78 valence electrons. The van der Waals surface area contributed by atoms with Crippen LogP contribution in [0.2, 0.25) is 0 Å². The van der Waals surface area contributed by atoms with Crippen LogP contribution < -0.4 is 10.5 Å². The molecule has 1 rings (SSSR count). The molecule has 0 heterocycles. The first-order valence-electron chi connectivity index (χ1n) is 4.98. The van der Waals surface area contributed by atoms with Crippen LogP contribution >= 0.6 is 0 Å². The zero-order valence-corrected chi connectivity index (χ0v) is 9.42. The molecule has 0 bridgehead atoms. The van der Waals surface area contributed by atoms with E-state index in [2.05, 4.69) is 6.07 Å². The Balaban J connectivity index is 3.01. The molecular weight excluding hydrogens is 174 g/mol. The fraction of sp³-hybridized carbons (Fsp3) is 0.500. The van der Waals surface area contributed by atoms with Crippen molar-refractivity contribution in [1.82, 2.24) is 0 Å². The molecule has 0 aliphatic heterocycles. The highest BCUT2D eigenvalue weighted by atomic mass is 16.5. The van der Waals surface area contributed by atoms with Gasteiger partial charge in [-0.25, -0.2) is 0 Å². The van der Waals surface area contributed by atoms with Crippen LogP contribution in [0.1, 0.15) is 31.9 Å². The van der Waals surface area contributed by atoms with Crippen LogP contribution in [0.3, 0.4) is 0 Å². The first kappa shape index (κ1) is 11.1.